The van der Waals surface area contributed by atoms with Gasteiger partial charge in [-0.05, 0) is 6.26 Å². The lowest BCUT2D eigenvalue weighted by Gasteiger charge is -2.01. The maximum atomic E-state index is 11.1. The van der Waals surface area contributed by atoms with E-state index < -0.39 is 0 Å². The van der Waals surface area contributed by atoms with Crippen molar-refractivity contribution in [2.24, 2.45) is 4.99 Å². The Morgan fingerprint density at radius 3 is 3.25 bits per heavy atom. The highest BCUT2D eigenvalue weighted by Gasteiger charge is 2.09. The van der Waals surface area contributed by atoms with Crippen LogP contribution in [0.5, 0.6) is 0 Å². The zero-order valence-electron chi connectivity index (χ0n) is 7.00. The first-order chi connectivity index (χ1) is 5.83. The molecule has 0 spiro atoms. The van der Waals surface area contributed by atoms with Crippen molar-refractivity contribution in [1.82, 2.24) is 5.32 Å². The average molecular weight is 204 g/mol. The molecule has 1 amide bonds. The lowest BCUT2D eigenvalue weighted by atomic mass is 10.5. The Morgan fingerprint density at radius 2 is 2.67 bits per heavy atom. The zero-order chi connectivity index (χ0) is 8.81. The summed E-state index contributed by atoms with van der Waals surface area (Å²) in [5, 5.41) is 3.57. The van der Waals surface area contributed by atoms with Gasteiger partial charge in [-0.1, -0.05) is 11.8 Å². The molecule has 1 aliphatic heterocycles. The van der Waals surface area contributed by atoms with E-state index in [-0.39, 0.29) is 5.91 Å². The number of rotatable bonds is 3. The summed E-state index contributed by atoms with van der Waals surface area (Å²) in [6.07, 6.45) is 2.58. The molecule has 0 radical (unpaired) electrons. The van der Waals surface area contributed by atoms with Gasteiger partial charge in [0.2, 0.25) is 5.91 Å². The van der Waals surface area contributed by atoms with E-state index in [9.17, 15) is 4.79 Å². The van der Waals surface area contributed by atoms with Crippen LogP contribution in [-0.4, -0.2) is 35.4 Å². The molecule has 0 aromatic rings. The fraction of sp³-hybridized carbons (Fsp3) is 0.714. The van der Waals surface area contributed by atoms with Gasteiger partial charge in [0.1, 0.15) is 0 Å². The second-order valence-electron chi connectivity index (χ2n) is 2.33. The lowest BCUT2D eigenvalue weighted by Crippen LogP contribution is -2.27. The number of amides is 1. The van der Waals surface area contributed by atoms with Crippen LogP contribution in [0.25, 0.3) is 0 Å². The molecule has 0 bridgehead atoms. The molecule has 1 N–H and O–H groups in total. The van der Waals surface area contributed by atoms with Gasteiger partial charge < -0.3 is 5.32 Å². The molecule has 0 aromatic heterocycles. The third-order valence-corrected chi connectivity index (χ3v) is 2.87. The maximum Gasteiger partial charge on any atom is 0.226 e. The van der Waals surface area contributed by atoms with Crippen LogP contribution in [-0.2, 0) is 4.79 Å². The summed E-state index contributed by atoms with van der Waals surface area (Å²) >= 11 is 3.30. The molecular formula is C7H12N2OS2. The minimum atomic E-state index is 0.0810. The molecule has 0 atom stereocenters. The SMILES string of the molecule is CSCCC(=O)NC1=NCCS1. The Balaban J connectivity index is 2.17. The number of nitrogens with zero attached hydrogens (tertiary/aromatic N) is 1. The van der Waals surface area contributed by atoms with E-state index in [1.165, 1.54) is 0 Å². The van der Waals surface area contributed by atoms with Gasteiger partial charge in [-0.2, -0.15) is 11.8 Å². The lowest BCUT2D eigenvalue weighted by molar-refractivity contribution is -0.119. The van der Waals surface area contributed by atoms with E-state index in [2.05, 4.69) is 10.3 Å². The topological polar surface area (TPSA) is 41.5 Å². The van der Waals surface area contributed by atoms with Gasteiger partial charge in [-0.15, -0.1) is 0 Å². The molecule has 0 fully saturated rings. The van der Waals surface area contributed by atoms with Crippen molar-refractivity contribution in [3.8, 4) is 0 Å². The molecule has 68 valence electrons. The number of hydrogen-bond donors (Lipinski definition) is 1. The Kier molecular flexibility index (Phi) is 4.53. The highest BCUT2D eigenvalue weighted by Crippen LogP contribution is 2.09. The van der Waals surface area contributed by atoms with Crippen LogP contribution in [0.4, 0.5) is 0 Å². The number of hydrogen-bond acceptors (Lipinski definition) is 4. The first kappa shape index (κ1) is 9.92. The molecule has 1 aliphatic rings. The first-order valence-electron chi connectivity index (χ1n) is 3.79. The number of nitrogens with one attached hydrogen (secondary N) is 1. The van der Waals surface area contributed by atoms with Gasteiger partial charge in [0.05, 0.1) is 6.54 Å². The van der Waals surface area contributed by atoms with Crippen molar-refractivity contribution in [2.45, 2.75) is 6.42 Å². The Hall–Kier alpha value is -0.160. The average Bonchev–Trinajstić information content (AvgIpc) is 2.53. The van der Waals surface area contributed by atoms with Crippen molar-refractivity contribution < 1.29 is 4.79 Å². The van der Waals surface area contributed by atoms with Crippen molar-refractivity contribution >= 4 is 34.6 Å². The van der Waals surface area contributed by atoms with E-state index in [0.717, 1.165) is 23.2 Å². The number of carbonyl (C=O) groups excluding carboxylic acids is 1. The minimum absolute atomic E-state index is 0.0810. The molecule has 0 aliphatic carbocycles. The van der Waals surface area contributed by atoms with Crippen LogP contribution < -0.4 is 5.32 Å². The molecule has 0 saturated heterocycles. The number of aliphatic imine (C=N–C) groups is 1. The van der Waals surface area contributed by atoms with E-state index in [0.29, 0.717) is 6.42 Å². The summed E-state index contributed by atoms with van der Waals surface area (Å²) in [5.74, 6) is 1.96. The highest BCUT2D eigenvalue weighted by atomic mass is 32.2. The molecule has 0 saturated carbocycles. The molecule has 1 rings (SSSR count). The summed E-state index contributed by atoms with van der Waals surface area (Å²) in [5.41, 5.74) is 0. The van der Waals surface area contributed by atoms with Crippen molar-refractivity contribution in [3.05, 3.63) is 0 Å². The van der Waals surface area contributed by atoms with E-state index in [1.54, 1.807) is 23.5 Å². The maximum absolute atomic E-state index is 11.1. The van der Waals surface area contributed by atoms with Gasteiger partial charge >= 0.3 is 0 Å². The Morgan fingerprint density at radius 1 is 1.83 bits per heavy atom. The van der Waals surface area contributed by atoms with Crippen molar-refractivity contribution in [2.75, 3.05) is 24.3 Å². The van der Waals surface area contributed by atoms with E-state index in [4.69, 9.17) is 0 Å². The van der Waals surface area contributed by atoms with Crippen molar-refractivity contribution in [3.63, 3.8) is 0 Å². The fourth-order valence-electron chi connectivity index (χ4n) is 0.787. The minimum Gasteiger partial charge on any atom is -0.305 e. The van der Waals surface area contributed by atoms with Crippen LogP contribution >= 0.6 is 23.5 Å². The van der Waals surface area contributed by atoms with Crippen molar-refractivity contribution in [1.29, 1.82) is 0 Å². The molecule has 0 unspecified atom stereocenters. The largest absolute Gasteiger partial charge is 0.305 e. The zero-order valence-corrected chi connectivity index (χ0v) is 8.63. The number of thioether (sulfide) groups is 2. The molecule has 1 heterocycles. The van der Waals surface area contributed by atoms with Gasteiger partial charge in [0.25, 0.3) is 0 Å². The molecule has 3 nitrogen and oxygen atoms in total. The second-order valence-corrected chi connectivity index (χ2v) is 4.40. The van der Waals surface area contributed by atoms with Crippen LogP contribution in [0, 0.1) is 0 Å². The first-order valence-corrected chi connectivity index (χ1v) is 6.17. The summed E-state index contributed by atoms with van der Waals surface area (Å²) in [7, 11) is 0. The monoisotopic (exact) mass is 204 g/mol. The van der Waals surface area contributed by atoms with Gasteiger partial charge in [0.15, 0.2) is 5.17 Å². The molecule has 12 heavy (non-hydrogen) atoms. The predicted octanol–water partition coefficient (Wildman–Crippen LogP) is 0.958. The summed E-state index contributed by atoms with van der Waals surface area (Å²) in [6.45, 7) is 0.836. The molecule has 5 heteroatoms. The summed E-state index contributed by atoms with van der Waals surface area (Å²) < 4.78 is 0. The third-order valence-electron chi connectivity index (χ3n) is 1.37. The van der Waals surface area contributed by atoms with Gasteiger partial charge in [0, 0.05) is 17.9 Å². The summed E-state index contributed by atoms with van der Waals surface area (Å²) in [4.78, 5) is 15.3. The Bertz CT molecular complexity index is 194. The smallest absolute Gasteiger partial charge is 0.226 e. The normalized spacial score (nSPS) is 15.9. The fourth-order valence-corrected chi connectivity index (χ4v) is 1.92. The van der Waals surface area contributed by atoms with Gasteiger partial charge in [-0.25, -0.2) is 0 Å². The highest BCUT2D eigenvalue weighted by molar-refractivity contribution is 8.14. The Labute approximate surface area is 80.8 Å². The quantitative estimate of drug-likeness (QED) is 0.744. The summed E-state index contributed by atoms with van der Waals surface area (Å²) in [6, 6.07) is 0. The standard InChI is InChI=1S/C7H12N2OS2/c1-11-4-2-6(10)9-7-8-3-5-12-7/h2-5H2,1H3,(H,8,9,10). The van der Waals surface area contributed by atoms with Crippen LogP contribution in [0.15, 0.2) is 4.99 Å². The van der Waals surface area contributed by atoms with Crippen LogP contribution in [0.2, 0.25) is 0 Å². The van der Waals surface area contributed by atoms with E-state index >= 15 is 0 Å². The number of amidine groups is 1. The van der Waals surface area contributed by atoms with Crippen LogP contribution in [0.3, 0.4) is 0 Å². The number of carbonyl (C=O) groups is 1. The molecule has 0 aromatic carbocycles. The van der Waals surface area contributed by atoms with Gasteiger partial charge in [-0.3, -0.25) is 9.79 Å². The van der Waals surface area contributed by atoms with Crippen LogP contribution in [0.1, 0.15) is 6.42 Å². The van der Waals surface area contributed by atoms with E-state index in [1.807, 2.05) is 6.26 Å². The predicted molar refractivity (Wildman–Crippen MR) is 55.9 cm³/mol. The second kappa shape index (κ2) is 5.48. The molecular weight excluding hydrogens is 192 g/mol. The third kappa shape index (κ3) is 3.49.